The smallest absolute Gasteiger partial charge is 0.117 e. The number of nitrogens with zero attached hydrogens (tertiary/aromatic N) is 1. The Labute approximate surface area is 125 Å². The van der Waals surface area contributed by atoms with Crippen molar-refractivity contribution in [1.29, 1.82) is 0 Å². The maximum Gasteiger partial charge on any atom is 0.117 e. The highest BCUT2D eigenvalue weighted by Gasteiger charge is 2.09. The van der Waals surface area contributed by atoms with Gasteiger partial charge in [-0.25, -0.2) is 0 Å². The van der Waals surface area contributed by atoms with Crippen LogP contribution in [0.15, 0.2) is 83.5 Å². The molecule has 0 aliphatic heterocycles. The molecule has 3 aromatic rings. The zero-order chi connectivity index (χ0) is 14.3. The average Bonchev–Trinajstić information content (AvgIpc) is 3.02. The van der Waals surface area contributed by atoms with E-state index in [0.717, 1.165) is 25.4 Å². The van der Waals surface area contributed by atoms with Crippen LogP contribution in [0.2, 0.25) is 0 Å². The molecule has 3 rings (SSSR count). The third-order valence-corrected chi connectivity index (χ3v) is 3.46. The number of benzene rings is 2. The molecule has 0 aliphatic carbocycles. The molecule has 0 saturated carbocycles. The van der Waals surface area contributed by atoms with Crippen molar-refractivity contribution in [2.24, 2.45) is 0 Å². The summed E-state index contributed by atoms with van der Waals surface area (Å²) in [5, 5.41) is 0. The molecule has 21 heavy (non-hydrogen) atoms. The van der Waals surface area contributed by atoms with Crippen LogP contribution in [-0.2, 0) is 19.6 Å². The fourth-order valence-electron chi connectivity index (χ4n) is 2.47. The molecule has 2 nitrogen and oxygen atoms in total. The summed E-state index contributed by atoms with van der Waals surface area (Å²) in [6.45, 7) is 2.64. The molecule has 106 valence electrons. The molecule has 0 N–H and O–H groups in total. The molecule has 0 saturated heterocycles. The first-order valence-electron chi connectivity index (χ1n) is 7.23. The molecular weight excluding hydrogens is 258 g/mol. The predicted octanol–water partition coefficient (Wildman–Crippen LogP) is 4.48. The SMILES string of the molecule is c1ccc(CN(Cc2ccccc2)Cc2ccco2)cc1. The molecule has 0 atom stereocenters. The Kier molecular flexibility index (Phi) is 4.49. The van der Waals surface area contributed by atoms with Gasteiger partial charge in [-0.2, -0.15) is 0 Å². The van der Waals surface area contributed by atoms with E-state index >= 15 is 0 Å². The van der Waals surface area contributed by atoms with Crippen molar-refractivity contribution in [3.05, 3.63) is 95.9 Å². The van der Waals surface area contributed by atoms with Gasteiger partial charge in [0.05, 0.1) is 12.8 Å². The van der Waals surface area contributed by atoms with E-state index in [0.29, 0.717) is 0 Å². The summed E-state index contributed by atoms with van der Waals surface area (Å²) in [4.78, 5) is 2.39. The van der Waals surface area contributed by atoms with Crippen LogP contribution in [0, 0.1) is 0 Å². The molecule has 2 aromatic carbocycles. The molecule has 0 radical (unpaired) electrons. The van der Waals surface area contributed by atoms with Gasteiger partial charge < -0.3 is 4.42 Å². The van der Waals surface area contributed by atoms with Gasteiger partial charge in [-0.3, -0.25) is 4.90 Å². The molecular formula is C19H19NO. The van der Waals surface area contributed by atoms with E-state index in [-0.39, 0.29) is 0 Å². The topological polar surface area (TPSA) is 16.4 Å². The highest BCUT2D eigenvalue weighted by molar-refractivity contribution is 5.17. The minimum atomic E-state index is 0.816. The van der Waals surface area contributed by atoms with Crippen molar-refractivity contribution in [2.45, 2.75) is 19.6 Å². The van der Waals surface area contributed by atoms with Gasteiger partial charge in [-0.1, -0.05) is 60.7 Å². The third-order valence-electron chi connectivity index (χ3n) is 3.46. The van der Waals surface area contributed by atoms with Crippen LogP contribution < -0.4 is 0 Å². The van der Waals surface area contributed by atoms with Crippen LogP contribution >= 0.6 is 0 Å². The van der Waals surface area contributed by atoms with Gasteiger partial charge in [0.2, 0.25) is 0 Å². The normalized spacial score (nSPS) is 10.9. The van der Waals surface area contributed by atoms with Gasteiger partial charge in [-0.05, 0) is 23.3 Å². The maximum atomic E-state index is 5.50. The predicted molar refractivity (Wildman–Crippen MR) is 84.5 cm³/mol. The lowest BCUT2D eigenvalue weighted by atomic mass is 10.1. The van der Waals surface area contributed by atoms with Crippen LogP contribution in [0.3, 0.4) is 0 Å². The molecule has 0 fully saturated rings. The number of hydrogen-bond donors (Lipinski definition) is 0. The Hall–Kier alpha value is -2.32. The van der Waals surface area contributed by atoms with Gasteiger partial charge in [0, 0.05) is 13.1 Å². The molecule has 1 aromatic heterocycles. The van der Waals surface area contributed by atoms with Crippen LogP contribution in [0.5, 0.6) is 0 Å². The van der Waals surface area contributed by atoms with E-state index in [4.69, 9.17) is 4.42 Å². The maximum absolute atomic E-state index is 5.50. The molecule has 0 spiro atoms. The monoisotopic (exact) mass is 277 g/mol. The highest BCUT2D eigenvalue weighted by Crippen LogP contribution is 2.14. The molecule has 0 bridgehead atoms. The second kappa shape index (κ2) is 6.91. The Balaban J connectivity index is 1.74. The van der Waals surface area contributed by atoms with Gasteiger partial charge in [-0.15, -0.1) is 0 Å². The molecule has 1 heterocycles. The summed E-state index contributed by atoms with van der Waals surface area (Å²) in [5.41, 5.74) is 2.64. The zero-order valence-corrected chi connectivity index (χ0v) is 12.0. The summed E-state index contributed by atoms with van der Waals surface area (Å²) in [5.74, 6) is 1.00. The Morgan fingerprint density at radius 2 is 1.19 bits per heavy atom. The molecule has 0 aliphatic rings. The van der Waals surface area contributed by atoms with Crippen molar-refractivity contribution < 1.29 is 4.42 Å². The van der Waals surface area contributed by atoms with Crippen molar-refractivity contribution in [1.82, 2.24) is 4.90 Å². The number of hydrogen-bond acceptors (Lipinski definition) is 2. The fourth-order valence-corrected chi connectivity index (χ4v) is 2.47. The fraction of sp³-hybridized carbons (Fsp3) is 0.158. The van der Waals surface area contributed by atoms with Gasteiger partial charge in [0.1, 0.15) is 5.76 Å². The highest BCUT2D eigenvalue weighted by atomic mass is 16.3. The Morgan fingerprint density at radius 3 is 1.67 bits per heavy atom. The number of furan rings is 1. The lowest BCUT2D eigenvalue weighted by Gasteiger charge is -2.21. The zero-order valence-electron chi connectivity index (χ0n) is 12.0. The van der Waals surface area contributed by atoms with Crippen molar-refractivity contribution in [3.8, 4) is 0 Å². The quantitative estimate of drug-likeness (QED) is 0.660. The number of rotatable bonds is 6. The second-order valence-electron chi connectivity index (χ2n) is 5.20. The van der Waals surface area contributed by atoms with E-state index in [9.17, 15) is 0 Å². The van der Waals surface area contributed by atoms with E-state index in [1.807, 2.05) is 12.1 Å². The van der Waals surface area contributed by atoms with E-state index < -0.39 is 0 Å². The summed E-state index contributed by atoms with van der Waals surface area (Å²) < 4.78 is 5.50. The second-order valence-corrected chi connectivity index (χ2v) is 5.20. The summed E-state index contributed by atoms with van der Waals surface area (Å²) in [7, 11) is 0. The lowest BCUT2D eigenvalue weighted by molar-refractivity contribution is 0.227. The standard InChI is InChI=1S/C19H19NO/c1-3-8-17(9-4-1)14-20(16-19-12-7-13-21-19)15-18-10-5-2-6-11-18/h1-13H,14-16H2. The summed E-state index contributed by atoms with van der Waals surface area (Å²) in [6.07, 6.45) is 1.73. The summed E-state index contributed by atoms with van der Waals surface area (Å²) >= 11 is 0. The van der Waals surface area contributed by atoms with Gasteiger partial charge in [0.15, 0.2) is 0 Å². The average molecular weight is 277 g/mol. The van der Waals surface area contributed by atoms with Crippen LogP contribution in [0.25, 0.3) is 0 Å². The molecule has 0 amide bonds. The minimum Gasteiger partial charge on any atom is -0.468 e. The molecule has 2 heteroatoms. The van der Waals surface area contributed by atoms with Gasteiger partial charge >= 0.3 is 0 Å². The third kappa shape index (κ3) is 4.07. The van der Waals surface area contributed by atoms with E-state index in [2.05, 4.69) is 65.6 Å². The van der Waals surface area contributed by atoms with E-state index in [1.165, 1.54) is 11.1 Å². The largest absolute Gasteiger partial charge is 0.468 e. The van der Waals surface area contributed by atoms with Crippen molar-refractivity contribution in [3.63, 3.8) is 0 Å². The Morgan fingerprint density at radius 1 is 0.619 bits per heavy atom. The van der Waals surface area contributed by atoms with Crippen LogP contribution in [0.1, 0.15) is 16.9 Å². The van der Waals surface area contributed by atoms with Crippen molar-refractivity contribution >= 4 is 0 Å². The van der Waals surface area contributed by atoms with Crippen LogP contribution in [-0.4, -0.2) is 4.90 Å². The van der Waals surface area contributed by atoms with Gasteiger partial charge in [0.25, 0.3) is 0 Å². The first-order valence-corrected chi connectivity index (χ1v) is 7.23. The first kappa shape index (κ1) is 13.7. The molecule has 0 unspecified atom stereocenters. The van der Waals surface area contributed by atoms with Crippen molar-refractivity contribution in [2.75, 3.05) is 0 Å². The van der Waals surface area contributed by atoms with Crippen LogP contribution in [0.4, 0.5) is 0 Å². The summed E-state index contributed by atoms with van der Waals surface area (Å²) in [6, 6.07) is 25.1. The lowest BCUT2D eigenvalue weighted by Crippen LogP contribution is -2.22. The first-order chi connectivity index (χ1) is 10.4. The minimum absolute atomic E-state index is 0.816. The Bertz CT molecular complexity index is 590. The van der Waals surface area contributed by atoms with E-state index in [1.54, 1.807) is 6.26 Å².